The Morgan fingerprint density at radius 1 is 1.16 bits per heavy atom. The number of carbonyl (C=O) groups excluding carboxylic acids is 1. The topological polar surface area (TPSA) is 71.8 Å². The number of aliphatic hydroxyl groups is 1. The van der Waals surface area contributed by atoms with Crippen LogP contribution in [0.5, 0.6) is 5.75 Å². The molecule has 1 N–H and O–H groups in total. The Balaban J connectivity index is 2.56. The molecule has 0 spiro atoms. The molecule has 0 aliphatic rings. The molecule has 32 heavy (non-hydrogen) atoms. The quantitative estimate of drug-likeness (QED) is 0.629. The number of methoxy groups -OCH3 is 1. The lowest BCUT2D eigenvalue weighted by Crippen LogP contribution is -2.44. The zero-order chi connectivity index (χ0) is 24.3. The third-order valence-corrected chi connectivity index (χ3v) is 5.78. The number of nitrogens with zero attached hydrogens (tertiary/aromatic N) is 2. The molecule has 0 radical (unpaired) electrons. The molecule has 1 heterocycles. The van der Waals surface area contributed by atoms with Gasteiger partial charge in [-0.05, 0) is 41.3 Å². The molecule has 6 heteroatoms. The van der Waals surface area contributed by atoms with Crippen molar-refractivity contribution in [3.8, 4) is 5.75 Å². The van der Waals surface area contributed by atoms with E-state index in [2.05, 4.69) is 13.8 Å². The number of carbonyl (C=O) groups is 1. The summed E-state index contributed by atoms with van der Waals surface area (Å²) in [6.07, 6.45) is 0.860. The van der Waals surface area contributed by atoms with Gasteiger partial charge in [0.15, 0.2) is 0 Å². The van der Waals surface area contributed by atoms with Gasteiger partial charge in [-0.3, -0.25) is 14.2 Å². The van der Waals surface area contributed by atoms with E-state index in [0.717, 1.165) is 11.8 Å². The highest BCUT2D eigenvalue weighted by Crippen LogP contribution is 2.26. The van der Waals surface area contributed by atoms with E-state index in [9.17, 15) is 14.7 Å². The molecular formula is C26H40N2O4. The smallest absolute Gasteiger partial charge is 0.255 e. The van der Waals surface area contributed by atoms with Crippen LogP contribution >= 0.6 is 0 Å². The van der Waals surface area contributed by atoms with Gasteiger partial charge in [-0.25, -0.2) is 0 Å². The molecule has 6 nitrogen and oxygen atoms in total. The lowest BCUT2D eigenvalue weighted by molar-refractivity contribution is -0.133. The molecule has 0 aliphatic heterocycles. The van der Waals surface area contributed by atoms with Crippen molar-refractivity contribution in [2.24, 2.45) is 11.3 Å². The van der Waals surface area contributed by atoms with Crippen LogP contribution in [0.2, 0.25) is 0 Å². The number of hydrogen-bond donors (Lipinski definition) is 1. The molecule has 0 unspecified atom stereocenters. The van der Waals surface area contributed by atoms with E-state index in [1.165, 1.54) is 0 Å². The molecule has 0 fully saturated rings. The molecule has 2 aromatic rings. The summed E-state index contributed by atoms with van der Waals surface area (Å²) >= 11 is 0. The van der Waals surface area contributed by atoms with Gasteiger partial charge in [-0.1, -0.05) is 48.5 Å². The molecular weight excluding hydrogens is 404 g/mol. The second-order valence-electron chi connectivity index (χ2n) is 10.9. The van der Waals surface area contributed by atoms with E-state index >= 15 is 0 Å². The van der Waals surface area contributed by atoms with Crippen LogP contribution in [0.4, 0.5) is 0 Å². The molecule has 178 valence electrons. The SMILES string of the molecule is COc1ccc2cc(C(C)(C)C)c(=O)n(CC(=O)N(CCC(C)C)CC(C)(C)CO)c2c1. The largest absolute Gasteiger partial charge is 0.497 e. The van der Waals surface area contributed by atoms with Gasteiger partial charge in [-0.2, -0.15) is 0 Å². The lowest BCUT2D eigenvalue weighted by atomic mass is 9.87. The first kappa shape index (κ1) is 25.9. The third-order valence-electron chi connectivity index (χ3n) is 5.78. The van der Waals surface area contributed by atoms with Crippen molar-refractivity contribution in [3.63, 3.8) is 0 Å². The monoisotopic (exact) mass is 444 g/mol. The fourth-order valence-corrected chi connectivity index (χ4v) is 3.68. The van der Waals surface area contributed by atoms with Crippen molar-refractivity contribution in [3.05, 3.63) is 40.2 Å². The van der Waals surface area contributed by atoms with Gasteiger partial charge < -0.3 is 14.7 Å². The summed E-state index contributed by atoms with van der Waals surface area (Å²) in [6, 6.07) is 7.52. The highest BCUT2D eigenvalue weighted by Gasteiger charge is 2.27. The molecule has 1 aromatic heterocycles. The highest BCUT2D eigenvalue weighted by atomic mass is 16.5. The summed E-state index contributed by atoms with van der Waals surface area (Å²) in [7, 11) is 1.59. The van der Waals surface area contributed by atoms with Gasteiger partial charge in [0.25, 0.3) is 5.56 Å². The first-order valence-corrected chi connectivity index (χ1v) is 11.4. The Hall–Kier alpha value is -2.34. The van der Waals surface area contributed by atoms with Gasteiger partial charge in [-0.15, -0.1) is 0 Å². The summed E-state index contributed by atoms with van der Waals surface area (Å²) < 4.78 is 6.95. The molecule has 1 amide bonds. The van der Waals surface area contributed by atoms with Gasteiger partial charge in [0.05, 0.1) is 12.6 Å². The van der Waals surface area contributed by atoms with Crippen LogP contribution in [0.3, 0.4) is 0 Å². The maximum atomic E-state index is 13.5. The summed E-state index contributed by atoms with van der Waals surface area (Å²) in [4.78, 5) is 28.8. The molecule has 0 aliphatic carbocycles. The molecule has 0 atom stereocenters. The van der Waals surface area contributed by atoms with Gasteiger partial charge >= 0.3 is 0 Å². The molecule has 0 saturated heterocycles. The third kappa shape index (κ3) is 6.35. The van der Waals surface area contributed by atoms with E-state index in [1.54, 1.807) is 16.6 Å². The first-order chi connectivity index (χ1) is 14.8. The predicted octanol–water partition coefficient (Wildman–Crippen LogP) is 4.20. The Kier molecular flexibility index (Phi) is 8.16. The van der Waals surface area contributed by atoms with E-state index in [1.807, 2.05) is 58.9 Å². The second kappa shape index (κ2) is 10.1. The Labute approximate surface area is 192 Å². The first-order valence-electron chi connectivity index (χ1n) is 11.4. The summed E-state index contributed by atoms with van der Waals surface area (Å²) in [6.45, 7) is 15.1. The van der Waals surface area contributed by atoms with Crippen LogP contribution in [-0.2, 0) is 16.8 Å². The Morgan fingerprint density at radius 3 is 2.34 bits per heavy atom. The van der Waals surface area contributed by atoms with Gasteiger partial charge in [0.1, 0.15) is 12.3 Å². The van der Waals surface area contributed by atoms with E-state index < -0.39 is 5.41 Å². The summed E-state index contributed by atoms with van der Waals surface area (Å²) in [5.41, 5.74) is 0.424. The number of fused-ring (bicyclic) bond motifs is 1. The Bertz CT molecular complexity index is 999. The summed E-state index contributed by atoms with van der Waals surface area (Å²) in [5.74, 6) is 0.962. The second-order valence-corrected chi connectivity index (χ2v) is 10.9. The molecule has 0 bridgehead atoms. The van der Waals surface area contributed by atoms with Crippen molar-refractivity contribution < 1.29 is 14.6 Å². The van der Waals surface area contributed by atoms with E-state index in [-0.39, 0.29) is 30.0 Å². The van der Waals surface area contributed by atoms with Crippen molar-refractivity contribution in [2.75, 3.05) is 26.8 Å². The van der Waals surface area contributed by atoms with Crippen LogP contribution in [0.15, 0.2) is 29.1 Å². The average molecular weight is 445 g/mol. The van der Waals surface area contributed by atoms with Gasteiger partial charge in [0.2, 0.25) is 5.91 Å². The lowest BCUT2D eigenvalue weighted by Gasteiger charge is -2.32. The minimum atomic E-state index is -0.420. The number of rotatable bonds is 9. The molecule has 2 rings (SSSR count). The molecule has 1 aromatic carbocycles. The average Bonchev–Trinajstić information content (AvgIpc) is 2.71. The fourth-order valence-electron chi connectivity index (χ4n) is 3.68. The number of amides is 1. The minimum absolute atomic E-state index is 0.0158. The fraction of sp³-hybridized carbons (Fsp3) is 0.615. The minimum Gasteiger partial charge on any atom is -0.497 e. The van der Waals surface area contributed by atoms with Crippen LogP contribution in [0.1, 0.15) is 60.5 Å². The normalized spacial score (nSPS) is 12.4. The van der Waals surface area contributed by atoms with Crippen LogP contribution < -0.4 is 10.3 Å². The Morgan fingerprint density at radius 2 is 1.81 bits per heavy atom. The van der Waals surface area contributed by atoms with Crippen LogP contribution in [0, 0.1) is 11.3 Å². The van der Waals surface area contributed by atoms with Crippen LogP contribution in [-0.4, -0.2) is 47.3 Å². The number of hydrogen-bond acceptors (Lipinski definition) is 4. The van der Waals surface area contributed by atoms with Crippen molar-refractivity contribution in [1.29, 1.82) is 0 Å². The number of aliphatic hydroxyl groups excluding tert-OH is 1. The van der Waals surface area contributed by atoms with Crippen molar-refractivity contribution in [2.45, 2.75) is 66.8 Å². The molecule has 0 saturated carbocycles. The standard InChI is InChI=1S/C26H40N2O4/c1-18(2)11-12-27(16-26(6,7)17-29)23(30)15-28-22-14-20(32-8)10-9-19(22)13-21(24(28)31)25(3,4)5/h9-10,13-14,18,29H,11-12,15-17H2,1-8H3. The maximum absolute atomic E-state index is 13.5. The zero-order valence-electron chi connectivity index (χ0n) is 21.0. The van der Waals surface area contributed by atoms with Gasteiger partial charge in [0, 0.05) is 36.7 Å². The number of pyridine rings is 1. The van der Waals surface area contributed by atoms with Crippen LogP contribution in [0.25, 0.3) is 10.9 Å². The maximum Gasteiger partial charge on any atom is 0.255 e. The summed E-state index contributed by atoms with van der Waals surface area (Å²) in [5, 5.41) is 10.6. The number of aromatic nitrogens is 1. The number of benzene rings is 1. The van der Waals surface area contributed by atoms with Crippen molar-refractivity contribution >= 4 is 16.8 Å². The van der Waals surface area contributed by atoms with E-state index in [0.29, 0.717) is 35.8 Å². The zero-order valence-corrected chi connectivity index (χ0v) is 21.0. The highest BCUT2D eigenvalue weighted by molar-refractivity contribution is 5.84. The number of ether oxygens (including phenoxy) is 1. The predicted molar refractivity (Wildman–Crippen MR) is 130 cm³/mol. The van der Waals surface area contributed by atoms with E-state index in [4.69, 9.17) is 4.74 Å². The van der Waals surface area contributed by atoms with Crippen molar-refractivity contribution in [1.82, 2.24) is 9.47 Å².